The van der Waals surface area contributed by atoms with Crippen molar-refractivity contribution in [2.45, 2.75) is 71.9 Å². The minimum Gasteiger partial charge on any atom is -0.351 e. The number of rotatable bonds is 10. The zero-order valence-corrected chi connectivity index (χ0v) is 19.0. The van der Waals surface area contributed by atoms with Crippen LogP contribution < -0.4 is 10.6 Å². The van der Waals surface area contributed by atoms with Crippen molar-refractivity contribution >= 4 is 11.8 Å². The smallest absolute Gasteiger partial charge is 0.271 e. The van der Waals surface area contributed by atoms with Crippen molar-refractivity contribution in [3.63, 3.8) is 0 Å². The summed E-state index contributed by atoms with van der Waals surface area (Å²) in [7, 11) is 0. The minimum atomic E-state index is -0.167. The van der Waals surface area contributed by atoms with Crippen LogP contribution in [0.25, 0.3) is 0 Å². The Morgan fingerprint density at radius 3 is 1.61 bits per heavy atom. The number of hydrogen-bond donors (Lipinski definition) is 2. The number of carbonyl (C=O) groups is 2. The molecule has 0 aromatic carbocycles. The molecule has 8 heteroatoms. The molecule has 2 atom stereocenters. The molecule has 0 aliphatic heterocycles. The third-order valence-electron chi connectivity index (χ3n) is 6.61. The van der Waals surface area contributed by atoms with E-state index in [1.807, 2.05) is 35.3 Å². The first-order valence-electron chi connectivity index (χ1n) is 11.5. The van der Waals surface area contributed by atoms with Crippen LogP contribution in [0.15, 0.2) is 12.1 Å². The van der Waals surface area contributed by atoms with Crippen molar-refractivity contribution in [2.75, 3.05) is 13.1 Å². The minimum absolute atomic E-state index is 0.167. The molecule has 2 aromatic heterocycles. The lowest BCUT2D eigenvalue weighted by atomic mass is 10.2. The van der Waals surface area contributed by atoms with Crippen molar-refractivity contribution in [3.05, 3.63) is 34.9 Å². The van der Waals surface area contributed by atoms with Crippen molar-refractivity contribution in [1.29, 1.82) is 0 Å². The van der Waals surface area contributed by atoms with Crippen LogP contribution in [0, 0.1) is 25.7 Å². The van der Waals surface area contributed by atoms with Gasteiger partial charge in [-0.1, -0.05) is 0 Å². The van der Waals surface area contributed by atoms with Crippen LogP contribution in [-0.4, -0.2) is 44.5 Å². The molecule has 31 heavy (non-hydrogen) atoms. The molecular weight excluding hydrogens is 392 g/mol. The van der Waals surface area contributed by atoms with E-state index in [-0.39, 0.29) is 11.8 Å². The Balaban J connectivity index is 1.20. The highest BCUT2D eigenvalue weighted by Gasteiger charge is 2.31. The molecule has 2 fully saturated rings. The first kappa shape index (κ1) is 21.6. The van der Waals surface area contributed by atoms with E-state index >= 15 is 0 Å². The molecule has 2 N–H and O–H groups in total. The Labute approximate surface area is 183 Å². The van der Waals surface area contributed by atoms with Crippen LogP contribution >= 0.6 is 0 Å². The summed E-state index contributed by atoms with van der Waals surface area (Å²) in [6.45, 7) is 9.28. The van der Waals surface area contributed by atoms with Crippen LogP contribution in [0.3, 0.4) is 0 Å². The number of nitrogens with zero attached hydrogens (tertiary/aromatic N) is 4. The molecule has 2 heterocycles. The van der Waals surface area contributed by atoms with Gasteiger partial charge in [0.1, 0.15) is 11.4 Å². The predicted octanol–water partition coefficient (Wildman–Crippen LogP) is 3.19. The summed E-state index contributed by atoms with van der Waals surface area (Å²) in [6, 6.07) is 4.38. The van der Waals surface area contributed by atoms with Gasteiger partial charge in [-0.2, -0.15) is 10.2 Å². The Morgan fingerprint density at radius 1 is 0.871 bits per heavy atom. The van der Waals surface area contributed by atoms with E-state index in [0.29, 0.717) is 54.8 Å². The third kappa shape index (κ3) is 4.99. The van der Waals surface area contributed by atoms with Crippen LogP contribution in [0.4, 0.5) is 0 Å². The maximum Gasteiger partial charge on any atom is 0.271 e. The molecule has 2 aromatic rings. The molecular formula is C23H34N6O2. The van der Waals surface area contributed by atoms with Gasteiger partial charge in [0.15, 0.2) is 0 Å². The molecule has 0 spiro atoms. The Kier molecular flexibility index (Phi) is 6.16. The van der Waals surface area contributed by atoms with Crippen LogP contribution in [0.5, 0.6) is 0 Å². The molecule has 2 amide bonds. The van der Waals surface area contributed by atoms with Crippen LogP contribution in [-0.2, 0) is 0 Å². The summed E-state index contributed by atoms with van der Waals surface area (Å²) < 4.78 is 3.94. The van der Waals surface area contributed by atoms with Crippen molar-refractivity contribution < 1.29 is 9.59 Å². The Bertz CT molecular complexity index is 877. The molecule has 2 unspecified atom stereocenters. The highest BCUT2D eigenvalue weighted by molar-refractivity contribution is 5.93. The average molecular weight is 427 g/mol. The van der Waals surface area contributed by atoms with Gasteiger partial charge in [0, 0.05) is 24.5 Å². The fraction of sp³-hybridized carbons (Fsp3) is 0.652. The summed E-state index contributed by atoms with van der Waals surface area (Å²) in [6.07, 6.45) is 5.62. The summed E-state index contributed by atoms with van der Waals surface area (Å²) in [4.78, 5) is 24.8. The van der Waals surface area contributed by atoms with E-state index in [4.69, 9.17) is 0 Å². The van der Waals surface area contributed by atoms with Crippen molar-refractivity contribution in [2.24, 2.45) is 11.8 Å². The topological polar surface area (TPSA) is 93.8 Å². The summed E-state index contributed by atoms with van der Waals surface area (Å²) in [5.41, 5.74) is 2.95. The summed E-state index contributed by atoms with van der Waals surface area (Å²) in [5, 5.41) is 14.8. The third-order valence-corrected chi connectivity index (χ3v) is 6.61. The number of amides is 2. The first-order chi connectivity index (χ1) is 14.8. The lowest BCUT2D eigenvalue weighted by molar-refractivity contribution is 0.0945. The average Bonchev–Trinajstić information content (AvgIpc) is 3.66. The number of aromatic nitrogens is 4. The molecule has 8 nitrogen and oxygen atoms in total. The number of nitrogens with one attached hydrogen (secondary N) is 2. The van der Waals surface area contributed by atoms with E-state index in [9.17, 15) is 9.59 Å². The van der Waals surface area contributed by atoms with Gasteiger partial charge in [-0.05, 0) is 83.8 Å². The summed E-state index contributed by atoms with van der Waals surface area (Å²) in [5.74, 6) is 1.04. The normalized spacial score (nSPS) is 17.9. The zero-order valence-electron chi connectivity index (χ0n) is 19.0. The fourth-order valence-electron chi connectivity index (χ4n) is 4.25. The standard InChI is InChI=1S/C23H34N6O2/c1-14-12-20(26-28(14)16(3)18-6-7-18)22(30)24-10-5-11-25-23(31)21-13-15(2)29(27-21)17(4)19-8-9-19/h12-13,16-19H,5-11H2,1-4H3,(H,24,30)(H,25,31). The Hall–Kier alpha value is -2.64. The molecule has 2 saturated carbocycles. The van der Waals surface area contributed by atoms with E-state index in [2.05, 4.69) is 34.7 Å². The number of carbonyl (C=O) groups excluding carboxylic acids is 2. The Morgan fingerprint density at radius 2 is 1.26 bits per heavy atom. The van der Waals surface area contributed by atoms with Gasteiger partial charge in [0.25, 0.3) is 11.8 Å². The number of aryl methyl sites for hydroxylation is 2. The molecule has 0 bridgehead atoms. The quantitative estimate of drug-likeness (QED) is 0.571. The van der Waals surface area contributed by atoms with Gasteiger partial charge in [0.2, 0.25) is 0 Å². The first-order valence-corrected chi connectivity index (χ1v) is 11.5. The van der Waals surface area contributed by atoms with Crippen LogP contribution in [0.1, 0.15) is 90.4 Å². The zero-order chi connectivity index (χ0) is 22.1. The van der Waals surface area contributed by atoms with Gasteiger partial charge in [0.05, 0.1) is 12.1 Å². The highest BCUT2D eigenvalue weighted by atomic mass is 16.2. The maximum atomic E-state index is 12.4. The molecule has 0 radical (unpaired) electrons. The second kappa shape index (κ2) is 8.85. The number of hydrogen-bond acceptors (Lipinski definition) is 4. The molecule has 4 rings (SSSR count). The molecule has 2 aliphatic carbocycles. The highest BCUT2D eigenvalue weighted by Crippen LogP contribution is 2.40. The van der Waals surface area contributed by atoms with Gasteiger partial charge in [-0.25, -0.2) is 0 Å². The van der Waals surface area contributed by atoms with E-state index < -0.39 is 0 Å². The van der Waals surface area contributed by atoms with Gasteiger partial charge in [-0.3, -0.25) is 19.0 Å². The lowest BCUT2D eigenvalue weighted by Crippen LogP contribution is -2.30. The monoisotopic (exact) mass is 426 g/mol. The fourth-order valence-corrected chi connectivity index (χ4v) is 4.25. The van der Waals surface area contributed by atoms with Crippen molar-refractivity contribution in [3.8, 4) is 0 Å². The second-order valence-corrected chi connectivity index (χ2v) is 9.25. The van der Waals surface area contributed by atoms with Gasteiger partial charge < -0.3 is 10.6 Å². The molecule has 0 saturated heterocycles. The van der Waals surface area contributed by atoms with E-state index in [1.165, 1.54) is 25.7 Å². The second-order valence-electron chi connectivity index (χ2n) is 9.25. The molecule has 2 aliphatic rings. The van der Waals surface area contributed by atoms with Crippen LogP contribution in [0.2, 0.25) is 0 Å². The van der Waals surface area contributed by atoms with E-state index in [1.54, 1.807) is 0 Å². The van der Waals surface area contributed by atoms with Gasteiger partial charge >= 0.3 is 0 Å². The largest absolute Gasteiger partial charge is 0.351 e. The molecule has 168 valence electrons. The summed E-state index contributed by atoms with van der Waals surface area (Å²) >= 11 is 0. The predicted molar refractivity (Wildman–Crippen MR) is 118 cm³/mol. The van der Waals surface area contributed by atoms with E-state index in [0.717, 1.165) is 11.4 Å². The SMILES string of the molecule is Cc1cc(C(=O)NCCCNC(=O)c2cc(C)n(C(C)C3CC3)n2)nn1C(C)C1CC1. The lowest BCUT2D eigenvalue weighted by Gasteiger charge is -2.12. The maximum absolute atomic E-state index is 12.4. The van der Waals surface area contributed by atoms with Gasteiger partial charge in [-0.15, -0.1) is 0 Å². The van der Waals surface area contributed by atoms with Crippen molar-refractivity contribution in [1.82, 2.24) is 30.2 Å².